The lowest BCUT2D eigenvalue weighted by Gasteiger charge is -2.32. The molecule has 6 nitrogen and oxygen atoms in total. The summed E-state index contributed by atoms with van der Waals surface area (Å²) in [7, 11) is -8.68. The molecule has 9 unspecified atom stereocenters. The lowest BCUT2D eigenvalue weighted by atomic mass is 9.75. The zero-order valence-corrected chi connectivity index (χ0v) is 26.2. The van der Waals surface area contributed by atoms with Gasteiger partial charge in [0.25, 0.3) is 10.1 Å². The van der Waals surface area contributed by atoms with Gasteiger partial charge in [0.2, 0.25) is 0 Å². The molecule has 0 radical (unpaired) electrons. The van der Waals surface area contributed by atoms with Crippen molar-refractivity contribution in [3.8, 4) is 0 Å². The van der Waals surface area contributed by atoms with E-state index in [9.17, 15) is 21.4 Å². The third-order valence-electron chi connectivity index (χ3n) is 12.1. The Morgan fingerprint density at radius 2 is 1.24 bits per heavy atom. The van der Waals surface area contributed by atoms with E-state index >= 15 is 0 Å². The van der Waals surface area contributed by atoms with Crippen molar-refractivity contribution in [2.45, 2.75) is 107 Å². The lowest BCUT2D eigenvalue weighted by molar-refractivity contribution is 0.381. The highest BCUT2D eigenvalue weighted by Crippen LogP contribution is 2.60. The van der Waals surface area contributed by atoms with Crippen molar-refractivity contribution in [2.75, 3.05) is 0 Å². The van der Waals surface area contributed by atoms with Gasteiger partial charge in [0.05, 0.1) is 4.91 Å². The standard InChI is InChI=1S/C34H44O6S2/c1-3-28(41(35,36)37)11-4-20(2)40-42(38,39)34-32(30-16-22-6-9-25(30)13-22)18-27(29-15-21-5-8-24(29)12-21)19-33(34)31-17-23-7-10-26(31)14-23/h3-4,11,18-19,21-26,29-31H,1,5-10,12-17H2,2H3,(H,35,36,37)/b20-4+,28-11+. The van der Waals surface area contributed by atoms with E-state index in [2.05, 4.69) is 18.7 Å². The predicted molar refractivity (Wildman–Crippen MR) is 163 cm³/mol. The van der Waals surface area contributed by atoms with Crippen molar-refractivity contribution < 1.29 is 25.6 Å². The van der Waals surface area contributed by atoms with Crippen molar-refractivity contribution >= 4 is 20.2 Å². The molecule has 6 bridgehead atoms. The van der Waals surface area contributed by atoms with E-state index in [1.807, 2.05) is 0 Å². The molecule has 0 aliphatic heterocycles. The van der Waals surface area contributed by atoms with Crippen LogP contribution in [0.5, 0.6) is 0 Å². The van der Waals surface area contributed by atoms with E-state index in [0.717, 1.165) is 42.0 Å². The molecule has 0 saturated heterocycles. The van der Waals surface area contributed by atoms with Gasteiger partial charge in [0, 0.05) is 0 Å². The van der Waals surface area contributed by atoms with Gasteiger partial charge in [-0.3, -0.25) is 4.55 Å². The molecule has 6 aliphatic carbocycles. The van der Waals surface area contributed by atoms with Crippen LogP contribution in [0.3, 0.4) is 0 Å². The zero-order valence-electron chi connectivity index (χ0n) is 24.6. The fraction of sp³-hybridized carbons (Fsp3) is 0.647. The molecule has 0 heterocycles. The zero-order chi connectivity index (χ0) is 29.4. The van der Waals surface area contributed by atoms with E-state index in [1.54, 1.807) is 0 Å². The van der Waals surface area contributed by atoms with Crippen LogP contribution in [0.2, 0.25) is 0 Å². The van der Waals surface area contributed by atoms with Crippen molar-refractivity contribution in [1.82, 2.24) is 0 Å². The normalized spacial score (nSPS) is 37.6. The Kier molecular flexibility index (Phi) is 7.30. The third-order valence-corrected chi connectivity index (χ3v) is 14.4. The van der Waals surface area contributed by atoms with Crippen molar-refractivity contribution in [2.24, 2.45) is 35.5 Å². The molecule has 7 rings (SSSR count). The van der Waals surface area contributed by atoms with Gasteiger partial charge in [0.1, 0.15) is 10.7 Å². The first-order valence-corrected chi connectivity index (χ1v) is 19.0. The van der Waals surface area contributed by atoms with Crippen LogP contribution in [0.1, 0.15) is 118 Å². The molecular formula is C34H44O6S2. The van der Waals surface area contributed by atoms with E-state index in [-0.39, 0.29) is 17.6 Å². The quantitative estimate of drug-likeness (QED) is 0.131. The SMILES string of the molecule is C=C/C(=C\C=C(/C)OS(=O)(=O)c1c(C2CC3CCC2C3)cc(C2CC3CCC2C3)cc1C1CC2CCC1C2)S(=O)(=O)O. The van der Waals surface area contributed by atoms with Crippen LogP contribution < -0.4 is 0 Å². The summed E-state index contributed by atoms with van der Waals surface area (Å²) in [6.45, 7) is 4.95. The van der Waals surface area contributed by atoms with Crippen LogP contribution >= 0.6 is 0 Å². The summed E-state index contributed by atoms with van der Waals surface area (Å²) in [5.74, 6) is 4.99. The number of hydrogen-bond donors (Lipinski definition) is 1. The minimum absolute atomic E-state index is 0.0490. The molecule has 0 aromatic heterocycles. The summed E-state index contributed by atoms with van der Waals surface area (Å²) in [5, 5.41) is 0. The maximum absolute atomic E-state index is 14.4. The first kappa shape index (κ1) is 28.8. The van der Waals surface area contributed by atoms with Crippen molar-refractivity contribution in [1.29, 1.82) is 0 Å². The molecule has 1 aromatic rings. The second-order valence-electron chi connectivity index (χ2n) is 14.4. The molecular weight excluding hydrogens is 569 g/mol. The van der Waals surface area contributed by atoms with E-state index < -0.39 is 25.1 Å². The minimum Gasteiger partial charge on any atom is -0.384 e. The lowest BCUT2D eigenvalue weighted by Crippen LogP contribution is -2.21. The highest BCUT2D eigenvalue weighted by Gasteiger charge is 2.48. The fourth-order valence-electron chi connectivity index (χ4n) is 10.4. The smallest absolute Gasteiger partial charge is 0.339 e. The molecule has 6 aliphatic rings. The second kappa shape index (κ2) is 10.6. The van der Waals surface area contributed by atoms with Gasteiger partial charge in [-0.15, -0.1) is 0 Å². The number of fused-ring (bicyclic) bond motifs is 6. The van der Waals surface area contributed by atoms with Crippen LogP contribution in [0.25, 0.3) is 0 Å². The molecule has 0 spiro atoms. The maximum Gasteiger partial charge on any atom is 0.339 e. The molecule has 228 valence electrons. The molecule has 6 saturated carbocycles. The van der Waals surface area contributed by atoms with E-state index in [1.165, 1.54) is 82.8 Å². The largest absolute Gasteiger partial charge is 0.384 e. The summed E-state index contributed by atoms with van der Waals surface area (Å²) in [5.41, 5.74) is 3.36. The van der Waals surface area contributed by atoms with Crippen LogP contribution in [0.15, 0.2) is 52.5 Å². The summed E-state index contributed by atoms with van der Waals surface area (Å²) in [6.07, 6.45) is 17.9. The number of rotatable bonds is 9. The average molecular weight is 613 g/mol. The summed E-state index contributed by atoms with van der Waals surface area (Å²) >= 11 is 0. The van der Waals surface area contributed by atoms with Gasteiger partial charge in [0.15, 0.2) is 0 Å². The van der Waals surface area contributed by atoms with Crippen LogP contribution in [0, 0.1) is 35.5 Å². The number of allylic oxidation sites excluding steroid dienone is 4. The summed E-state index contributed by atoms with van der Waals surface area (Å²) < 4.78 is 67.2. The topological polar surface area (TPSA) is 97.7 Å². The van der Waals surface area contributed by atoms with Gasteiger partial charge in [-0.1, -0.05) is 38.0 Å². The molecule has 0 amide bonds. The molecule has 1 aromatic carbocycles. The second-order valence-corrected chi connectivity index (χ2v) is 17.3. The third kappa shape index (κ3) is 5.13. The first-order chi connectivity index (χ1) is 20.0. The predicted octanol–water partition coefficient (Wildman–Crippen LogP) is 7.96. The molecule has 8 heteroatoms. The monoisotopic (exact) mass is 612 g/mol. The van der Waals surface area contributed by atoms with E-state index in [4.69, 9.17) is 4.18 Å². The minimum atomic E-state index is -4.48. The molecule has 1 N–H and O–H groups in total. The average Bonchev–Trinajstić information content (AvgIpc) is 3.79. The van der Waals surface area contributed by atoms with Gasteiger partial charge in [-0.25, -0.2) is 0 Å². The Labute approximate surface area is 251 Å². The molecule has 42 heavy (non-hydrogen) atoms. The first-order valence-electron chi connectivity index (χ1n) is 16.1. The Hall–Kier alpha value is -1.90. The van der Waals surface area contributed by atoms with Gasteiger partial charge < -0.3 is 4.18 Å². The highest BCUT2D eigenvalue weighted by molar-refractivity contribution is 7.90. The van der Waals surface area contributed by atoms with Gasteiger partial charge >= 0.3 is 10.1 Å². The Morgan fingerprint density at radius 3 is 1.62 bits per heavy atom. The van der Waals surface area contributed by atoms with Crippen molar-refractivity contribution in [3.05, 3.63) is 64.3 Å². The van der Waals surface area contributed by atoms with Crippen LogP contribution in [-0.4, -0.2) is 21.4 Å². The summed E-state index contributed by atoms with van der Waals surface area (Å²) in [4.78, 5) is -0.0108. The number of hydrogen-bond acceptors (Lipinski definition) is 5. The Balaban J connectivity index is 1.35. The molecule has 9 atom stereocenters. The van der Waals surface area contributed by atoms with Crippen LogP contribution in [0.4, 0.5) is 0 Å². The van der Waals surface area contributed by atoms with Crippen LogP contribution in [-0.2, 0) is 24.4 Å². The van der Waals surface area contributed by atoms with Crippen molar-refractivity contribution in [3.63, 3.8) is 0 Å². The van der Waals surface area contributed by atoms with E-state index in [0.29, 0.717) is 40.4 Å². The fourth-order valence-corrected chi connectivity index (χ4v) is 12.3. The maximum atomic E-state index is 14.4. The highest BCUT2D eigenvalue weighted by atomic mass is 32.2. The molecule has 6 fully saturated rings. The Bertz CT molecular complexity index is 1500. The number of benzene rings is 1. The van der Waals surface area contributed by atoms with Gasteiger partial charge in [-0.2, -0.15) is 16.8 Å². The summed E-state index contributed by atoms with van der Waals surface area (Å²) in [6, 6.07) is 4.58. The Morgan fingerprint density at radius 1 is 0.762 bits per heavy atom. The van der Waals surface area contributed by atoms with Gasteiger partial charge in [-0.05, 0) is 153 Å².